The van der Waals surface area contributed by atoms with Gasteiger partial charge in [0.15, 0.2) is 11.5 Å². The fourth-order valence-electron chi connectivity index (χ4n) is 2.12. The van der Waals surface area contributed by atoms with E-state index in [0.717, 1.165) is 6.42 Å². The molecule has 0 aliphatic carbocycles. The molecule has 1 aromatic rings. The van der Waals surface area contributed by atoms with Gasteiger partial charge in [0.05, 0.1) is 36.8 Å². The monoisotopic (exact) mass is 345 g/mol. The average Bonchev–Trinajstić information content (AvgIpc) is 2.61. The molecule has 0 bridgehead atoms. The van der Waals surface area contributed by atoms with E-state index in [1.807, 2.05) is 0 Å². The second-order valence-electron chi connectivity index (χ2n) is 4.39. The minimum atomic E-state index is -0.984. The lowest BCUT2D eigenvalue weighted by Crippen LogP contribution is -2.17. The highest BCUT2D eigenvalue weighted by Gasteiger charge is 2.27. The van der Waals surface area contributed by atoms with Gasteiger partial charge in [-0.3, -0.25) is 4.79 Å². The number of carboxylic acids is 1. The highest BCUT2D eigenvalue weighted by Crippen LogP contribution is 2.46. The van der Waals surface area contributed by atoms with Gasteiger partial charge in [-0.15, -0.1) is 0 Å². The van der Waals surface area contributed by atoms with Gasteiger partial charge in [-0.1, -0.05) is 0 Å². The topological polar surface area (TPSA) is 91.0 Å². The summed E-state index contributed by atoms with van der Waals surface area (Å²) in [6.45, 7) is 1.03. The molecule has 1 atom stereocenters. The van der Waals surface area contributed by atoms with Crippen LogP contribution in [-0.4, -0.2) is 31.4 Å². The Labute approximate surface area is 124 Å². The minimum Gasteiger partial charge on any atom is -0.495 e. The van der Waals surface area contributed by atoms with Crippen LogP contribution in [0.5, 0.6) is 17.2 Å². The van der Waals surface area contributed by atoms with E-state index >= 15 is 0 Å². The third kappa shape index (κ3) is 2.99. The number of ether oxygens (including phenoxy) is 3. The van der Waals surface area contributed by atoms with E-state index in [-0.39, 0.29) is 6.42 Å². The van der Waals surface area contributed by atoms with Crippen LogP contribution in [0.15, 0.2) is 10.5 Å². The van der Waals surface area contributed by atoms with Crippen LogP contribution in [0.1, 0.15) is 24.4 Å². The van der Waals surface area contributed by atoms with Crippen LogP contribution in [0.4, 0.5) is 0 Å². The predicted molar refractivity (Wildman–Crippen MR) is 75.5 cm³/mol. The zero-order valence-electron chi connectivity index (χ0n) is 11.0. The van der Waals surface area contributed by atoms with Crippen molar-refractivity contribution in [2.75, 3.05) is 20.3 Å². The van der Waals surface area contributed by atoms with Gasteiger partial charge in [0.1, 0.15) is 5.75 Å². The van der Waals surface area contributed by atoms with Gasteiger partial charge in [0, 0.05) is 18.5 Å². The summed E-state index contributed by atoms with van der Waals surface area (Å²) in [4.78, 5) is 10.9. The first-order chi connectivity index (χ1) is 9.54. The van der Waals surface area contributed by atoms with Crippen molar-refractivity contribution >= 4 is 21.9 Å². The Balaban J connectivity index is 2.55. The molecule has 3 N–H and O–H groups in total. The van der Waals surface area contributed by atoms with Crippen LogP contribution in [0.2, 0.25) is 0 Å². The summed E-state index contributed by atoms with van der Waals surface area (Å²) in [5.41, 5.74) is 6.51. The maximum atomic E-state index is 10.9. The van der Waals surface area contributed by atoms with E-state index < -0.39 is 12.0 Å². The number of hydrogen-bond donors (Lipinski definition) is 2. The number of carbonyl (C=O) groups is 1. The van der Waals surface area contributed by atoms with Crippen molar-refractivity contribution in [1.29, 1.82) is 0 Å². The van der Waals surface area contributed by atoms with Crippen molar-refractivity contribution in [2.45, 2.75) is 18.9 Å². The number of nitrogens with two attached hydrogens (primary N) is 1. The van der Waals surface area contributed by atoms with Crippen molar-refractivity contribution in [3.63, 3.8) is 0 Å². The lowest BCUT2D eigenvalue weighted by Gasteiger charge is -2.21. The summed E-state index contributed by atoms with van der Waals surface area (Å²) < 4.78 is 17.3. The van der Waals surface area contributed by atoms with Crippen LogP contribution < -0.4 is 19.9 Å². The molecule has 1 aliphatic heterocycles. The summed E-state index contributed by atoms with van der Waals surface area (Å²) in [7, 11) is 1.50. The molecule has 7 heteroatoms. The summed E-state index contributed by atoms with van der Waals surface area (Å²) in [6.07, 6.45) is 0.533. The highest BCUT2D eigenvalue weighted by molar-refractivity contribution is 9.10. The number of halogens is 1. The first-order valence-corrected chi connectivity index (χ1v) is 6.97. The average molecular weight is 346 g/mol. The smallest absolute Gasteiger partial charge is 0.305 e. The Morgan fingerprint density at radius 1 is 1.55 bits per heavy atom. The fourth-order valence-corrected chi connectivity index (χ4v) is 2.70. The minimum absolute atomic E-state index is 0.220. The Bertz CT molecular complexity index is 520. The lowest BCUT2D eigenvalue weighted by atomic mass is 10.0. The Morgan fingerprint density at radius 2 is 2.25 bits per heavy atom. The summed E-state index contributed by atoms with van der Waals surface area (Å²) >= 11 is 3.38. The van der Waals surface area contributed by atoms with Gasteiger partial charge >= 0.3 is 5.97 Å². The van der Waals surface area contributed by atoms with E-state index in [1.54, 1.807) is 6.07 Å². The second-order valence-corrected chi connectivity index (χ2v) is 5.24. The number of methoxy groups -OCH3 is 1. The van der Waals surface area contributed by atoms with Gasteiger partial charge in [-0.2, -0.15) is 0 Å². The van der Waals surface area contributed by atoms with E-state index in [4.69, 9.17) is 25.1 Å². The molecule has 1 heterocycles. The summed E-state index contributed by atoms with van der Waals surface area (Å²) in [5.74, 6) is 0.508. The van der Waals surface area contributed by atoms with Gasteiger partial charge in [0.2, 0.25) is 0 Å². The molecule has 1 unspecified atom stereocenters. The van der Waals surface area contributed by atoms with Gasteiger partial charge < -0.3 is 25.1 Å². The third-order valence-corrected chi connectivity index (χ3v) is 3.54. The first kappa shape index (κ1) is 14.9. The Morgan fingerprint density at radius 3 is 2.90 bits per heavy atom. The van der Waals surface area contributed by atoms with Crippen molar-refractivity contribution < 1.29 is 24.1 Å². The van der Waals surface area contributed by atoms with Crippen LogP contribution in [0.25, 0.3) is 0 Å². The van der Waals surface area contributed by atoms with Gasteiger partial charge in [-0.05, 0) is 15.9 Å². The lowest BCUT2D eigenvalue weighted by molar-refractivity contribution is -0.137. The van der Waals surface area contributed by atoms with Crippen LogP contribution in [0.3, 0.4) is 0 Å². The van der Waals surface area contributed by atoms with E-state index in [0.29, 0.717) is 40.5 Å². The van der Waals surface area contributed by atoms with Gasteiger partial charge in [-0.25, -0.2) is 0 Å². The quantitative estimate of drug-likeness (QED) is 0.868. The predicted octanol–water partition coefficient (Wildman–Crippen LogP) is 2.09. The van der Waals surface area contributed by atoms with E-state index in [1.165, 1.54) is 7.11 Å². The van der Waals surface area contributed by atoms with E-state index in [2.05, 4.69) is 15.9 Å². The number of hydrogen-bond acceptors (Lipinski definition) is 5. The normalized spacial score (nSPS) is 15.3. The Kier molecular flexibility index (Phi) is 4.72. The maximum Gasteiger partial charge on any atom is 0.305 e. The summed E-state index contributed by atoms with van der Waals surface area (Å²) in [5, 5.41) is 8.93. The zero-order chi connectivity index (χ0) is 14.7. The first-order valence-electron chi connectivity index (χ1n) is 6.18. The number of benzene rings is 1. The van der Waals surface area contributed by atoms with Crippen molar-refractivity contribution in [3.05, 3.63) is 16.1 Å². The maximum absolute atomic E-state index is 10.9. The molecule has 1 aliphatic rings. The SMILES string of the molecule is COc1c(Br)cc2c(c1C(N)CC(=O)O)OCCCO2. The largest absolute Gasteiger partial charge is 0.495 e. The number of fused-ring (bicyclic) bond motifs is 1. The molecule has 2 rings (SSSR count). The van der Waals surface area contributed by atoms with Crippen LogP contribution in [0, 0.1) is 0 Å². The molecule has 0 saturated carbocycles. The van der Waals surface area contributed by atoms with Crippen molar-refractivity contribution in [1.82, 2.24) is 0 Å². The standard InChI is InChI=1S/C13H16BrNO5/c1-18-12-7(14)5-9-13(20-4-2-3-19-9)11(12)8(15)6-10(16)17/h5,8H,2-4,6,15H2,1H3,(H,16,17). The van der Waals surface area contributed by atoms with Gasteiger partial charge in [0.25, 0.3) is 0 Å². The molecule has 0 amide bonds. The molecule has 20 heavy (non-hydrogen) atoms. The molecule has 0 fully saturated rings. The Hall–Kier alpha value is -1.47. The molecule has 6 nitrogen and oxygen atoms in total. The van der Waals surface area contributed by atoms with E-state index in [9.17, 15) is 4.79 Å². The molecule has 0 aromatic heterocycles. The number of carboxylic acid groups (broad SMARTS) is 1. The summed E-state index contributed by atoms with van der Waals surface area (Å²) in [6, 6.07) is 1.01. The third-order valence-electron chi connectivity index (χ3n) is 2.95. The van der Waals surface area contributed by atoms with Crippen molar-refractivity contribution in [3.8, 4) is 17.2 Å². The highest BCUT2D eigenvalue weighted by atomic mass is 79.9. The van der Waals surface area contributed by atoms with Crippen molar-refractivity contribution in [2.24, 2.45) is 5.73 Å². The molecule has 110 valence electrons. The number of aliphatic carboxylic acids is 1. The molecular weight excluding hydrogens is 330 g/mol. The zero-order valence-corrected chi connectivity index (χ0v) is 12.6. The van der Waals surface area contributed by atoms with Crippen LogP contribution in [-0.2, 0) is 4.79 Å². The second kappa shape index (κ2) is 6.32. The van der Waals surface area contributed by atoms with Crippen LogP contribution >= 0.6 is 15.9 Å². The molecule has 0 spiro atoms. The number of rotatable bonds is 4. The molecule has 1 aromatic carbocycles. The molecule has 0 saturated heterocycles. The molecule has 0 radical (unpaired) electrons. The molecular formula is C13H16BrNO5. The fraction of sp³-hybridized carbons (Fsp3) is 0.462.